The number of piperidine rings is 1. The van der Waals surface area contributed by atoms with Crippen molar-refractivity contribution in [1.29, 1.82) is 0 Å². The van der Waals surface area contributed by atoms with Crippen LogP contribution in [0.5, 0.6) is 5.75 Å². The Morgan fingerprint density at radius 2 is 1.86 bits per heavy atom. The molecule has 0 bridgehead atoms. The fourth-order valence-corrected chi connectivity index (χ4v) is 2.98. The van der Waals surface area contributed by atoms with Gasteiger partial charge in [-0.05, 0) is 56.2 Å². The number of carbonyl (C=O) groups is 3. The molecule has 0 spiro atoms. The van der Waals surface area contributed by atoms with Crippen LogP contribution in [0, 0.1) is 0 Å². The number of furan rings is 1. The summed E-state index contributed by atoms with van der Waals surface area (Å²) in [6, 6.07) is 9.62. The van der Waals surface area contributed by atoms with Crippen molar-refractivity contribution < 1.29 is 28.3 Å². The minimum Gasteiger partial charge on any atom is -0.459 e. The van der Waals surface area contributed by atoms with Crippen LogP contribution < -0.4 is 10.1 Å². The van der Waals surface area contributed by atoms with Crippen LogP contribution in [0.3, 0.4) is 0 Å². The monoisotopic (exact) mass is 386 g/mol. The number of benzene rings is 1. The summed E-state index contributed by atoms with van der Waals surface area (Å²) >= 11 is 0. The molecule has 1 aliphatic heterocycles. The van der Waals surface area contributed by atoms with Gasteiger partial charge in [-0.25, -0.2) is 4.79 Å². The second-order valence-electron chi connectivity index (χ2n) is 6.33. The van der Waals surface area contributed by atoms with Gasteiger partial charge in [0.15, 0.2) is 5.76 Å². The average Bonchev–Trinajstić information content (AvgIpc) is 3.24. The molecule has 0 radical (unpaired) electrons. The van der Waals surface area contributed by atoms with Crippen LogP contribution in [0.4, 0.5) is 4.79 Å². The molecular formula is C20H22N2O6. The lowest BCUT2D eigenvalue weighted by molar-refractivity contribution is 0.0695. The predicted molar refractivity (Wildman–Crippen MR) is 99.2 cm³/mol. The van der Waals surface area contributed by atoms with E-state index >= 15 is 0 Å². The van der Waals surface area contributed by atoms with Crippen molar-refractivity contribution >= 4 is 18.0 Å². The van der Waals surface area contributed by atoms with Crippen LogP contribution in [0.15, 0.2) is 47.1 Å². The Bertz CT molecular complexity index is 808. The first-order valence-corrected chi connectivity index (χ1v) is 9.15. The maximum absolute atomic E-state index is 12.6. The van der Waals surface area contributed by atoms with E-state index < -0.39 is 6.16 Å². The molecule has 1 aliphatic rings. The minimum atomic E-state index is -0.778. The van der Waals surface area contributed by atoms with Crippen molar-refractivity contribution in [2.75, 3.05) is 19.7 Å². The quantitative estimate of drug-likeness (QED) is 0.627. The van der Waals surface area contributed by atoms with E-state index in [9.17, 15) is 14.4 Å². The number of nitrogens with one attached hydrogen (secondary N) is 1. The molecule has 2 aromatic rings. The highest BCUT2D eigenvalue weighted by Crippen LogP contribution is 2.18. The minimum absolute atomic E-state index is 0.00186. The zero-order chi connectivity index (χ0) is 19.9. The lowest BCUT2D eigenvalue weighted by Gasteiger charge is -2.32. The number of likely N-dealkylation sites (tertiary alicyclic amines) is 1. The topological polar surface area (TPSA) is 98.1 Å². The summed E-state index contributed by atoms with van der Waals surface area (Å²) in [6.07, 6.45) is 2.02. The molecule has 0 atom stereocenters. The molecule has 0 saturated carbocycles. The van der Waals surface area contributed by atoms with Gasteiger partial charge in [-0.1, -0.05) is 0 Å². The van der Waals surface area contributed by atoms with Gasteiger partial charge < -0.3 is 24.1 Å². The summed E-state index contributed by atoms with van der Waals surface area (Å²) < 4.78 is 14.8. The van der Waals surface area contributed by atoms with Crippen molar-refractivity contribution in [1.82, 2.24) is 10.2 Å². The van der Waals surface area contributed by atoms with Gasteiger partial charge in [0, 0.05) is 24.7 Å². The summed E-state index contributed by atoms with van der Waals surface area (Å²) in [5.74, 6) is 0.253. The van der Waals surface area contributed by atoms with Crippen LogP contribution in [0.2, 0.25) is 0 Å². The molecule has 1 aromatic carbocycles. The first kappa shape index (κ1) is 19.5. The van der Waals surface area contributed by atoms with E-state index in [0.29, 0.717) is 37.2 Å². The Hall–Kier alpha value is -3.29. The smallest absolute Gasteiger partial charge is 0.459 e. The molecule has 148 valence electrons. The number of ether oxygens (including phenoxy) is 2. The van der Waals surface area contributed by atoms with Gasteiger partial charge in [-0.2, -0.15) is 0 Å². The Morgan fingerprint density at radius 3 is 2.46 bits per heavy atom. The first-order chi connectivity index (χ1) is 13.6. The molecule has 2 amide bonds. The molecule has 0 aliphatic carbocycles. The lowest BCUT2D eigenvalue weighted by atomic mass is 10.0. The van der Waals surface area contributed by atoms with Gasteiger partial charge >= 0.3 is 6.16 Å². The number of hydrogen-bond acceptors (Lipinski definition) is 6. The molecule has 0 unspecified atom stereocenters. The van der Waals surface area contributed by atoms with Gasteiger partial charge in [0.2, 0.25) is 0 Å². The van der Waals surface area contributed by atoms with E-state index in [0.717, 1.165) is 0 Å². The van der Waals surface area contributed by atoms with E-state index in [4.69, 9.17) is 13.9 Å². The average molecular weight is 386 g/mol. The van der Waals surface area contributed by atoms with E-state index in [1.165, 1.54) is 6.26 Å². The van der Waals surface area contributed by atoms with Gasteiger partial charge in [0.25, 0.3) is 11.8 Å². The Morgan fingerprint density at radius 1 is 1.14 bits per heavy atom. The molecule has 1 N–H and O–H groups in total. The third-order valence-corrected chi connectivity index (χ3v) is 4.43. The standard InChI is InChI=1S/C20H22N2O6/c1-2-26-20(25)28-16-7-5-14(6-8-16)19(24)22-11-9-15(10-12-22)21-18(23)17-4-3-13-27-17/h3-8,13,15H,2,9-12H2,1H3,(H,21,23). The van der Waals surface area contributed by atoms with Gasteiger partial charge in [-0.15, -0.1) is 0 Å². The highest BCUT2D eigenvalue weighted by atomic mass is 16.7. The van der Waals surface area contributed by atoms with Crippen LogP contribution in [-0.2, 0) is 4.74 Å². The van der Waals surface area contributed by atoms with Crippen molar-refractivity contribution in [3.63, 3.8) is 0 Å². The molecule has 1 saturated heterocycles. The Labute approximate surface area is 162 Å². The van der Waals surface area contributed by atoms with Crippen LogP contribution >= 0.6 is 0 Å². The Kier molecular flexibility index (Phi) is 6.31. The van der Waals surface area contributed by atoms with Gasteiger partial charge in [0.05, 0.1) is 12.9 Å². The second kappa shape index (κ2) is 9.07. The molecular weight excluding hydrogens is 364 g/mol. The van der Waals surface area contributed by atoms with E-state index in [-0.39, 0.29) is 30.2 Å². The fraction of sp³-hybridized carbons (Fsp3) is 0.350. The van der Waals surface area contributed by atoms with Crippen molar-refractivity contribution in [2.45, 2.75) is 25.8 Å². The molecule has 1 aromatic heterocycles. The molecule has 8 heteroatoms. The van der Waals surface area contributed by atoms with Crippen LogP contribution in [0.25, 0.3) is 0 Å². The molecule has 1 fully saturated rings. The lowest BCUT2D eigenvalue weighted by Crippen LogP contribution is -2.46. The van der Waals surface area contributed by atoms with Crippen LogP contribution in [-0.4, -0.2) is 48.6 Å². The maximum atomic E-state index is 12.6. The van der Waals surface area contributed by atoms with Crippen molar-refractivity contribution in [3.05, 3.63) is 54.0 Å². The third kappa shape index (κ3) is 4.91. The molecule has 2 heterocycles. The summed E-state index contributed by atoms with van der Waals surface area (Å²) in [4.78, 5) is 37.7. The number of rotatable bonds is 5. The summed E-state index contributed by atoms with van der Waals surface area (Å²) in [6.45, 7) is 3.01. The number of carbonyl (C=O) groups excluding carboxylic acids is 3. The van der Waals surface area contributed by atoms with Gasteiger partial charge in [-0.3, -0.25) is 9.59 Å². The maximum Gasteiger partial charge on any atom is 0.513 e. The molecule has 8 nitrogen and oxygen atoms in total. The van der Waals surface area contributed by atoms with Crippen molar-refractivity contribution in [2.24, 2.45) is 0 Å². The Balaban J connectivity index is 1.49. The van der Waals surface area contributed by atoms with Crippen molar-refractivity contribution in [3.8, 4) is 5.75 Å². The summed E-state index contributed by atoms with van der Waals surface area (Å²) in [5, 5.41) is 2.93. The zero-order valence-corrected chi connectivity index (χ0v) is 15.6. The normalized spacial score (nSPS) is 14.4. The fourth-order valence-electron chi connectivity index (χ4n) is 2.98. The zero-order valence-electron chi connectivity index (χ0n) is 15.6. The largest absolute Gasteiger partial charge is 0.513 e. The summed E-state index contributed by atoms with van der Waals surface area (Å²) in [5.41, 5.74) is 0.509. The molecule has 3 rings (SSSR count). The van der Waals surface area contributed by atoms with Crippen LogP contribution in [0.1, 0.15) is 40.7 Å². The van der Waals surface area contributed by atoms with E-state index in [2.05, 4.69) is 5.32 Å². The highest BCUT2D eigenvalue weighted by molar-refractivity contribution is 5.94. The van der Waals surface area contributed by atoms with Gasteiger partial charge in [0.1, 0.15) is 5.75 Å². The second-order valence-corrected chi connectivity index (χ2v) is 6.33. The predicted octanol–water partition coefficient (Wildman–Crippen LogP) is 2.85. The number of nitrogens with zero attached hydrogens (tertiary/aromatic N) is 1. The van der Waals surface area contributed by atoms with E-state index in [1.54, 1.807) is 48.2 Å². The summed E-state index contributed by atoms with van der Waals surface area (Å²) in [7, 11) is 0. The first-order valence-electron chi connectivity index (χ1n) is 9.15. The SMILES string of the molecule is CCOC(=O)Oc1ccc(C(=O)N2CCC(NC(=O)c3ccco3)CC2)cc1. The highest BCUT2D eigenvalue weighted by Gasteiger charge is 2.25. The molecule has 28 heavy (non-hydrogen) atoms. The third-order valence-electron chi connectivity index (χ3n) is 4.43. The number of amides is 2. The number of hydrogen-bond donors (Lipinski definition) is 1. The van der Waals surface area contributed by atoms with E-state index in [1.807, 2.05) is 0 Å².